The van der Waals surface area contributed by atoms with Crippen LogP contribution in [0.1, 0.15) is 29.1 Å². The van der Waals surface area contributed by atoms with Gasteiger partial charge in [0.2, 0.25) is 0 Å². The van der Waals surface area contributed by atoms with E-state index in [4.69, 9.17) is 0 Å². The molecule has 0 radical (unpaired) electrons. The summed E-state index contributed by atoms with van der Waals surface area (Å²) in [5.74, 6) is -0.841. The number of hydrogen-bond donors (Lipinski definition) is 2. The average molecular weight is 309 g/mol. The third kappa shape index (κ3) is 3.34. The van der Waals surface area contributed by atoms with Gasteiger partial charge in [0.25, 0.3) is 0 Å². The average Bonchev–Trinajstić information content (AvgIpc) is 2.78. The summed E-state index contributed by atoms with van der Waals surface area (Å²) in [5, 5.41) is 13.8. The Labute approximate surface area is 127 Å². The van der Waals surface area contributed by atoms with Crippen molar-refractivity contribution < 1.29 is 9.90 Å². The Hall–Kier alpha value is -1.04. The van der Waals surface area contributed by atoms with Crippen LogP contribution in [-0.4, -0.2) is 28.6 Å². The summed E-state index contributed by atoms with van der Waals surface area (Å²) in [6, 6.07) is 7.87. The van der Waals surface area contributed by atoms with Gasteiger partial charge in [-0.1, -0.05) is 18.2 Å². The second-order valence-electron chi connectivity index (χ2n) is 5.28. The molecule has 0 aliphatic heterocycles. The molecule has 0 atom stereocenters. The maximum absolute atomic E-state index is 11.4. The van der Waals surface area contributed by atoms with E-state index in [9.17, 15) is 9.90 Å². The number of thiophene rings is 1. The highest BCUT2D eigenvalue weighted by atomic mass is 32.2. The van der Waals surface area contributed by atoms with Crippen LogP contribution in [-0.2, 0) is 6.54 Å². The van der Waals surface area contributed by atoms with E-state index in [0.717, 1.165) is 22.2 Å². The molecule has 0 saturated carbocycles. The van der Waals surface area contributed by atoms with Crippen molar-refractivity contribution in [3.05, 3.63) is 34.7 Å². The maximum atomic E-state index is 11.4. The molecule has 0 saturated heterocycles. The highest BCUT2D eigenvalue weighted by Gasteiger charge is 2.19. The molecule has 2 N–H and O–H groups in total. The van der Waals surface area contributed by atoms with Crippen LogP contribution in [0.25, 0.3) is 10.1 Å². The molecule has 1 aromatic carbocycles. The number of benzene rings is 1. The van der Waals surface area contributed by atoms with E-state index in [1.54, 1.807) is 11.8 Å². The zero-order valence-electron chi connectivity index (χ0n) is 11.9. The molecular weight excluding hydrogens is 290 g/mol. The first-order chi connectivity index (χ1) is 9.44. The summed E-state index contributed by atoms with van der Waals surface area (Å²) in [6.07, 6.45) is 2.09. The van der Waals surface area contributed by atoms with Crippen molar-refractivity contribution in [2.45, 2.75) is 25.1 Å². The van der Waals surface area contributed by atoms with Crippen LogP contribution in [0.3, 0.4) is 0 Å². The van der Waals surface area contributed by atoms with Crippen molar-refractivity contribution in [2.24, 2.45) is 0 Å². The Morgan fingerprint density at radius 1 is 1.40 bits per heavy atom. The summed E-state index contributed by atoms with van der Waals surface area (Å²) >= 11 is 3.15. The minimum Gasteiger partial charge on any atom is -0.477 e. The molecule has 3 nitrogen and oxygen atoms in total. The fourth-order valence-corrected chi connectivity index (χ4v) is 3.31. The van der Waals surface area contributed by atoms with Gasteiger partial charge in [-0.3, -0.25) is 0 Å². The summed E-state index contributed by atoms with van der Waals surface area (Å²) in [6.45, 7) is 5.79. The molecule has 108 valence electrons. The van der Waals surface area contributed by atoms with Gasteiger partial charge in [0, 0.05) is 22.5 Å². The fraction of sp³-hybridized carbons (Fsp3) is 0.400. The second kappa shape index (κ2) is 6.16. The Kier molecular flexibility index (Phi) is 4.73. The Bertz CT molecular complexity index is 619. The number of carboxylic acid groups (broad SMARTS) is 1. The van der Waals surface area contributed by atoms with Crippen LogP contribution in [0.5, 0.6) is 0 Å². The van der Waals surface area contributed by atoms with Gasteiger partial charge in [-0.05, 0) is 37.1 Å². The number of carboxylic acids is 1. The van der Waals surface area contributed by atoms with E-state index in [0.29, 0.717) is 11.4 Å². The summed E-state index contributed by atoms with van der Waals surface area (Å²) in [4.78, 5) is 11.8. The van der Waals surface area contributed by atoms with E-state index in [1.807, 2.05) is 24.3 Å². The smallest absolute Gasteiger partial charge is 0.346 e. The Balaban J connectivity index is 2.24. The van der Waals surface area contributed by atoms with Gasteiger partial charge < -0.3 is 10.4 Å². The van der Waals surface area contributed by atoms with Crippen molar-refractivity contribution in [3.8, 4) is 0 Å². The third-order valence-electron chi connectivity index (χ3n) is 3.30. The quantitative estimate of drug-likeness (QED) is 0.851. The lowest BCUT2D eigenvalue weighted by Gasteiger charge is -2.22. The first-order valence-corrected chi connectivity index (χ1v) is 8.48. The zero-order valence-corrected chi connectivity index (χ0v) is 13.5. The summed E-state index contributed by atoms with van der Waals surface area (Å²) in [5.41, 5.74) is 0.898. The van der Waals surface area contributed by atoms with Crippen molar-refractivity contribution in [3.63, 3.8) is 0 Å². The van der Waals surface area contributed by atoms with E-state index >= 15 is 0 Å². The first kappa shape index (κ1) is 15.4. The van der Waals surface area contributed by atoms with Crippen molar-refractivity contribution >= 4 is 39.2 Å². The lowest BCUT2D eigenvalue weighted by molar-refractivity contribution is 0.0701. The molecule has 0 aliphatic rings. The Morgan fingerprint density at radius 3 is 2.75 bits per heavy atom. The molecule has 2 rings (SSSR count). The van der Waals surface area contributed by atoms with Crippen LogP contribution < -0.4 is 5.32 Å². The molecular formula is C15H19NO2S2. The molecule has 5 heteroatoms. The van der Waals surface area contributed by atoms with Gasteiger partial charge in [0.1, 0.15) is 4.88 Å². The van der Waals surface area contributed by atoms with Crippen molar-refractivity contribution in [1.29, 1.82) is 0 Å². The number of fused-ring (bicyclic) bond motifs is 1. The number of thioether (sulfide) groups is 1. The predicted octanol–water partition coefficient (Wildman–Crippen LogP) is 3.83. The van der Waals surface area contributed by atoms with Gasteiger partial charge in [0.15, 0.2) is 0 Å². The second-order valence-corrected chi connectivity index (χ2v) is 7.84. The number of nitrogens with one attached hydrogen (secondary N) is 1. The number of carbonyl (C=O) groups is 1. The molecule has 0 bridgehead atoms. The third-order valence-corrected chi connectivity index (χ3v) is 5.75. The molecule has 0 unspecified atom stereocenters. The Morgan fingerprint density at radius 2 is 2.10 bits per heavy atom. The van der Waals surface area contributed by atoms with Gasteiger partial charge >= 0.3 is 5.97 Å². The van der Waals surface area contributed by atoms with Crippen LogP contribution in [0.15, 0.2) is 24.3 Å². The van der Waals surface area contributed by atoms with Crippen LogP contribution >= 0.6 is 23.1 Å². The van der Waals surface area contributed by atoms with E-state index in [-0.39, 0.29) is 4.75 Å². The molecule has 20 heavy (non-hydrogen) atoms. The zero-order chi connectivity index (χ0) is 14.8. The monoisotopic (exact) mass is 309 g/mol. The topological polar surface area (TPSA) is 49.3 Å². The van der Waals surface area contributed by atoms with Crippen LogP contribution in [0, 0.1) is 0 Å². The fourth-order valence-electron chi connectivity index (χ4n) is 2.01. The van der Waals surface area contributed by atoms with Crippen LogP contribution in [0.2, 0.25) is 0 Å². The maximum Gasteiger partial charge on any atom is 0.346 e. The highest BCUT2D eigenvalue weighted by Crippen LogP contribution is 2.31. The van der Waals surface area contributed by atoms with E-state index in [1.165, 1.54) is 11.3 Å². The largest absolute Gasteiger partial charge is 0.477 e. The number of aromatic carboxylic acids is 1. The minimum atomic E-state index is -0.841. The van der Waals surface area contributed by atoms with E-state index < -0.39 is 5.97 Å². The van der Waals surface area contributed by atoms with Gasteiger partial charge in [-0.15, -0.1) is 11.3 Å². The SMILES string of the molecule is CSC(C)(C)CNCc1c(C(=O)O)sc2ccccc12. The molecule has 1 aromatic heterocycles. The molecule has 1 heterocycles. The molecule has 0 amide bonds. The molecule has 0 spiro atoms. The predicted molar refractivity (Wildman–Crippen MR) is 88.1 cm³/mol. The lowest BCUT2D eigenvalue weighted by Crippen LogP contribution is -2.31. The minimum absolute atomic E-state index is 0.148. The molecule has 0 aliphatic carbocycles. The first-order valence-electron chi connectivity index (χ1n) is 6.44. The summed E-state index contributed by atoms with van der Waals surface area (Å²) in [7, 11) is 0. The van der Waals surface area contributed by atoms with Crippen molar-refractivity contribution in [2.75, 3.05) is 12.8 Å². The lowest BCUT2D eigenvalue weighted by atomic mass is 10.1. The normalized spacial score (nSPS) is 11.9. The van der Waals surface area contributed by atoms with Crippen LogP contribution in [0.4, 0.5) is 0 Å². The van der Waals surface area contributed by atoms with Gasteiger partial charge in [-0.2, -0.15) is 11.8 Å². The van der Waals surface area contributed by atoms with E-state index in [2.05, 4.69) is 25.4 Å². The van der Waals surface area contributed by atoms with Gasteiger partial charge in [0.05, 0.1) is 0 Å². The number of hydrogen-bond acceptors (Lipinski definition) is 4. The van der Waals surface area contributed by atoms with Gasteiger partial charge in [-0.25, -0.2) is 4.79 Å². The summed E-state index contributed by atoms with van der Waals surface area (Å²) < 4.78 is 1.18. The molecule has 2 aromatic rings. The highest BCUT2D eigenvalue weighted by molar-refractivity contribution is 7.99. The number of rotatable bonds is 6. The standard InChI is InChI=1S/C15H19NO2S2/c1-15(2,19-3)9-16-8-11-10-6-4-5-7-12(10)20-13(11)14(17)18/h4-7,16H,8-9H2,1-3H3,(H,17,18). The van der Waals surface area contributed by atoms with Crippen molar-refractivity contribution in [1.82, 2.24) is 5.32 Å². The molecule has 0 fully saturated rings.